The fraction of sp³-hybridized carbons (Fsp3) is 0.150. The van der Waals surface area contributed by atoms with Crippen LogP contribution in [0.15, 0.2) is 59.8 Å². The zero-order valence-electron chi connectivity index (χ0n) is 14.9. The van der Waals surface area contributed by atoms with Crippen LogP contribution in [-0.4, -0.2) is 27.5 Å². The van der Waals surface area contributed by atoms with Gasteiger partial charge in [0.15, 0.2) is 5.16 Å². The minimum Gasteiger partial charge on any atom is -0.366 e. The molecule has 0 fully saturated rings. The van der Waals surface area contributed by atoms with Crippen LogP contribution in [0, 0.1) is 6.92 Å². The van der Waals surface area contributed by atoms with Crippen molar-refractivity contribution >= 4 is 29.3 Å². The molecule has 2 aromatic carbocycles. The summed E-state index contributed by atoms with van der Waals surface area (Å²) >= 11 is 1.35. The number of aromatic amines is 1. The molecule has 0 spiro atoms. The number of amides is 2. The first-order valence-electron chi connectivity index (χ1n) is 8.43. The van der Waals surface area contributed by atoms with Crippen LogP contribution in [0.25, 0.3) is 0 Å². The molecule has 7 heteroatoms. The second-order valence-electron chi connectivity index (χ2n) is 6.05. The minimum absolute atomic E-state index is 0.148. The zero-order chi connectivity index (χ0) is 19.2. The van der Waals surface area contributed by atoms with Gasteiger partial charge in [0.25, 0.3) is 0 Å². The van der Waals surface area contributed by atoms with Crippen LogP contribution in [-0.2, 0) is 11.2 Å². The minimum atomic E-state index is -0.497. The van der Waals surface area contributed by atoms with Crippen LogP contribution in [0.4, 0.5) is 5.69 Å². The van der Waals surface area contributed by atoms with E-state index in [0.29, 0.717) is 11.3 Å². The van der Waals surface area contributed by atoms with Crippen molar-refractivity contribution < 1.29 is 9.59 Å². The molecule has 4 N–H and O–H groups in total. The van der Waals surface area contributed by atoms with E-state index in [1.54, 1.807) is 24.3 Å². The van der Waals surface area contributed by atoms with Crippen molar-refractivity contribution in [2.45, 2.75) is 18.5 Å². The average Bonchev–Trinajstić information content (AvgIpc) is 3.01. The fourth-order valence-electron chi connectivity index (χ4n) is 2.55. The summed E-state index contributed by atoms with van der Waals surface area (Å²) in [5.74, 6) is -0.414. The number of rotatable bonds is 7. The van der Waals surface area contributed by atoms with E-state index < -0.39 is 5.91 Å². The molecule has 1 aromatic heterocycles. The van der Waals surface area contributed by atoms with E-state index in [2.05, 4.69) is 27.4 Å². The van der Waals surface area contributed by atoms with Crippen LogP contribution in [0.3, 0.4) is 0 Å². The lowest BCUT2D eigenvalue weighted by molar-refractivity contribution is -0.113. The van der Waals surface area contributed by atoms with Gasteiger partial charge >= 0.3 is 0 Å². The SMILES string of the molecule is Cc1[nH]c(SCC(=O)Nc2ccc(C(N)=O)cc2)nc1Cc1ccccc1. The third-order valence-electron chi connectivity index (χ3n) is 3.97. The number of hydrogen-bond acceptors (Lipinski definition) is 4. The molecule has 0 saturated heterocycles. The van der Waals surface area contributed by atoms with E-state index >= 15 is 0 Å². The van der Waals surface area contributed by atoms with E-state index in [1.807, 2.05) is 25.1 Å². The third kappa shape index (κ3) is 5.21. The van der Waals surface area contributed by atoms with E-state index in [0.717, 1.165) is 23.0 Å². The Morgan fingerprint density at radius 3 is 2.48 bits per heavy atom. The normalized spacial score (nSPS) is 10.6. The number of nitrogens with zero attached hydrogens (tertiary/aromatic N) is 1. The number of anilines is 1. The third-order valence-corrected chi connectivity index (χ3v) is 4.84. The van der Waals surface area contributed by atoms with Gasteiger partial charge in [-0.15, -0.1) is 0 Å². The van der Waals surface area contributed by atoms with Gasteiger partial charge in [0.05, 0.1) is 11.4 Å². The highest BCUT2D eigenvalue weighted by atomic mass is 32.2. The molecule has 3 rings (SSSR count). The van der Waals surface area contributed by atoms with Crippen LogP contribution >= 0.6 is 11.8 Å². The Kier molecular flexibility index (Phi) is 5.93. The number of nitrogens with one attached hydrogen (secondary N) is 2. The lowest BCUT2D eigenvalue weighted by Crippen LogP contribution is -2.15. The summed E-state index contributed by atoms with van der Waals surface area (Å²) in [7, 11) is 0. The predicted molar refractivity (Wildman–Crippen MR) is 107 cm³/mol. The number of carbonyl (C=O) groups is 2. The Labute approximate surface area is 161 Å². The predicted octanol–water partition coefficient (Wildman–Crippen LogP) is 3.14. The van der Waals surface area contributed by atoms with Gasteiger partial charge in [0, 0.05) is 23.4 Å². The summed E-state index contributed by atoms with van der Waals surface area (Å²) in [6.45, 7) is 1.98. The number of benzene rings is 2. The number of thioether (sulfide) groups is 1. The summed E-state index contributed by atoms with van der Waals surface area (Å²) in [5, 5.41) is 3.51. The van der Waals surface area contributed by atoms with Crippen LogP contribution in [0.5, 0.6) is 0 Å². The molecular formula is C20H20N4O2S. The fourth-order valence-corrected chi connectivity index (χ4v) is 3.29. The molecule has 138 valence electrons. The first-order valence-corrected chi connectivity index (χ1v) is 9.42. The number of primary amides is 1. The number of H-pyrrole nitrogens is 1. The summed E-state index contributed by atoms with van der Waals surface area (Å²) < 4.78 is 0. The van der Waals surface area contributed by atoms with E-state index in [4.69, 9.17) is 5.73 Å². The molecule has 0 saturated carbocycles. The van der Waals surface area contributed by atoms with Gasteiger partial charge in [0.2, 0.25) is 11.8 Å². The molecule has 0 radical (unpaired) electrons. The lowest BCUT2D eigenvalue weighted by atomic mass is 10.1. The number of aryl methyl sites for hydroxylation is 1. The Hall–Kier alpha value is -3.06. The largest absolute Gasteiger partial charge is 0.366 e. The van der Waals surface area contributed by atoms with Gasteiger partial charge in [0.1, 0.15) is 0 Å². The summed E-state index contributed by atoms with van der Waals surface area (Å²) in [4.78, 5) is 31.0. The quantitative estimate of drug-likeness (QED) is 0.548. The molecule has 6 nitrogen and oxygen atoms in total. The first-order chi connectivity index (χ1) is 13.0. The van der Waals surface area contributed by atoms with E-state index in [1.165, 1.54) is 17.3 Å². The Balaban J connectivity index is 1.54. The number of hydrogen-bond donors (Lipinski definition) is 3. The van der Waals surface area contributed by atoms with E-state index in [9.17, 15) is 9.59 Å². The molecule has 27 heavy (non-hydrogen) atoms. The van der Waals surface area contributed by atoms with Gasteiger partial charge in [-0.1, -0.05) is 42.1 Å². The molecular weight excluding hydrogens is 360 g/mol. The highest BCUT2D eigenvalue weighted by molar-refractivity contribution is 7.99. The van der Waals surface area contributed by atoms with Crippen molar-refractivity contribution in [1.29, 1.82) is 0 Å². The molecule has 0 aliphatic carbocycles. The number of aromatic nitrogens is 2. The van der Waals surface area contributed by atoms with E-state index in [-0.39, 0.29) is 11.7 Å². The first kappa shape index (κ1) is 18.7. The Morgan fingerprint density at radius 1 is 1.11 bits per heavy atom. The Morgan fingerprint density at radius 2 is 1.81 bits per heavy atom. The van der Waals surface area contributed by atoms with Gasteiger partial charge in [-0.05, 0) is 36.8 Å². The van der Waals surface area contributed by atoms with Crippen LogP contribution in [0.2, 0.25) is 0 Å². The molecule has 0 aliphatic rings. The number of nitrogens with two attached hydrogens (primary N) is 1. The molecule has 1 heterocycles. The van der Waals surface area contributed by atoms with Gasteiger partial charge in [-0.25, -0.2) is 4.98 Å². The second kappa shape index (κ2) is 8.55. The molecule has 0 aliphatic heterocycles. The highest BCUT2D eigenvalue weighted by Gasteiger charge is 2.10. The molecule has 0 unspecified atom stereocenters. The second-order valence-corrected chi connectivity index (χ2v) is 7.02. The van der Waals surface area contributed by atoms with Crippen molar-refractivity contribution in [3.63, 3.8) is 0 Å². The molecule has 3 aromatic rings. The lowest BCUT2D eigenvalue weighted by Gasteiger charge is -2.04. The molecule has 2 amide bonds. The monoisotopic (exact) mass is 380 g/mol. The molecule has 0 atom stereocenters. The summed E-state index contributed by atoms with van der Waals surface area (Å²) in [5.41, 5.74) is 9.40. The van der Waals surface area contributed by atoms with Crippen molar-refractivity contribution in [1.82, 2.24) is 9.97 Å². The summed E-state index contributed by atoms with van der Waals surface area (Å²) in [6.07, 6.45) is 0.752. The Bertz CT molecular complexity index is 936. The topological polar surface area (TPSA) is 101 Å². The van der Waals surface area contributed by atoms with Gasteiger partial charge in [-0.3, -0.25) is 9.59 Å². The maximum Gasteiger partial charge on any atom is 0.248 e. The number of imidazole rings is 1. The smallest absolute Gasteiger partial charge is 0.248 e. The molecule has 0 bridgehead atoms. The van der Waals surface area contributed by atoms with Crippen molar-refractivity contribution in [2.24, 2.45) is 5.73 Å². The van der Waals surface area contributed by atoms with Gasteiger partial charge in [-0.2, -0.15) is 0 Å². The van der Waals surface area contributed by atoms with Crippen LogP contribution in [0.1, 0.15) is 27.3 Å². The zero-order valence-corrected chi connectivity index (χ0v) is 15.7. The van der Waals surface area contributed by atoms with Crippen molar-refractivity contribution in [2.75, 3.05) is 11.1 Å². The standard InChI is InChI=1S/C20H20N4O2S/c1-13-17(11-14-5-3-2-4-6-14)24-20(22-13)27-12-18(25)23-16-9-7-15(8-10-16)19(21)26/h2-10H,11-12H2,1H3,(H2,21,26)(H,22,24)(H,23,25). The van der Waals surface area contributed by atoms with Gasteiger partial charge < -0.3 is 16.0 Å². The maximum absolute atomic E-state index is 12.1. The summed E-state index contributed by atoms with van der Waals surface area (Å²) in [6, 6.07) is 16.6. The highest BCUT2D eigenvalue weighted by Crippen LogP contribution is 2.19. The maximum atomic E-state index is 12.1. The number of carbonyl (C=O) groups excluding carboxylic acids is 2. The van der Waals surface area contributed by atoms with Crippen molar-refractivity contribution in [3.8, 4) is 0 Å². The van der Waals surface area contributed by atoms with Crippen LogP contribution < -0.4 is 11.1 Å². The van der Waals surface area contributed by atoms with Crippen molar-refractivity contribution in [3.05, 3.63) is 77.1 Å². The average molecular weight is 380 g/mol.